The summed E-state index contributed by atoms with van der Waals surface area (Å²) in [5, 5.41) is 17.8. The van der Waals surface area contributed by atoms with Gasteiger partial charge in [-0.25, -0.2) is 4.39 Å². The molecular formula is C17H15ClFN3O2. The van der Waals surface area contributed by atoms with Gasteiger partial charge in [-0.1, -0.05) is 35.9 Å². The molecule has 2 N–H and O–H groups in total. The Morgan fingerprint density at radius 3 is 2.92 bits per heavy atom. The average Bonchev–Trinajstić information content (AvgIpc) is 2.98. The van der Waals surface area contributed by atoms with E-state index >= 15 is 0 Å². The number of fused-ring (bicyclic) bond motifs is 1. The number of hydrogen-bond donors (Lipinski definition) is 2. The van der Waals surface area contributed by atoms with E-state index in [0.29, 0.717) is 5.56 Å². The second-order valence-corrected chi connectivity index (χ2v) is 5.76. The van der Waals surface area contributed by atoms with E-state index in [0.717, 1.165) is 17.0 Å². The van der Waals surface area contributed by atoms with Gasteiger partial charge in [-0.05, 0) is 23.8 Å². The molecule has 0 fully saturated rings. The second-order valence-electron chi connectivity index (χ2n) is 5.35. The molecule has 0 spiro atoms. The van der Waals surface area contributed by atoms with Gasteiger partial charge in [0.15, 0.2) is 0 Å². The predicted octanol–water partition coefficient (Wildman–Crippen LogP) is 2.68. The van der Waals surface area contributed by atoms with Crippen molar-refractivity contribution in [2.24, 2.45) is 0 Å². The van der Waals surface area contributed by atoms with Gasteiger partial charge in [-0.15, -0.1) is 0 Å². The number of aromatic nitrogens is 2. The third-order valence-corrected chi connectivity index (χ3v) is 3.97. The van der Waals surface area contributed by atoms with Crippen molar-refractivity contribution in [1.29, 1.82) is 0 Å². The fourth-order valence-corrected chi connectivity index (χ4v) is 2.51. The molecule has 2 aromatic carbocycles. The van der Waals surface area contributed by atoms with Gasteiger partial charge in [0.1, 0.15) is 12.4 Å². The number of halogens is 2. The Balaban J connectivity index is 1.60. The van der Waals surface area contributed by atoms with Crippen LogP contribution in [0, 0.1) is 5.82 Å². The minimum atomic E-state index is -1.02. The summed E-state index contributed by atoms with van der Waals surface area (Å²) in [6, 6.07) is 11.6. The van der Waals surface area contributed by atoms with Crippen molar-refractivity contribution in [3.8, 4) is 0 Å². The van der Waals surface area contributed by atoms with Crippen molar-refractivity contribution < 1.29 is 14.3 Å². The fourth-order valence-electron chi connectivity index (χ4n) is 2.39. The van der Waals surface area contributed by atoms with Crippen LogP contribution in [0.3, 0.4) is 0 Å². The van der Waals surface area contributed by atoms with Gasteiger partial charge in [0, 0.05) is 11.9 Å². The second kappa shape index (κ2) is 6.98. The summed E-state index contributed by atoms with van der Waals surface area (Å²) in [7, 11) is 0. The molecule has 24 heavy (non-hydrogen) atoms. The van der Waals surface area contributed by atoms with Gasteiger partial charge in [0.05, 0.1) is 22.8 Å². The SMILES string of the molecule is O=C(Cn1ncc2ccccc21)NCC(O)c1ccc(Cl)c(F)c1. The number of nitrogens with zero attached hydrogens (tertiary/aromatic N) is 2. The van der Waals surface area contributed by atoms with Crippen LogP contribution in [0.1, 0.15) is 11.7 Å². The van der Waals surface area contributed by atoms with Crippen LogP contribution in [0.15, 0.2) is 48.7 Å². The van der Waals surface area contributed by atoms with E-state index in [9.17, 15) is 14.3 Å². The van der Waals surface area contributed by atoms with Crippen LogP contribution in [-0.4, -0.2) is 27.3 Å². The van der Waals surface area contributed by atoms with Gasteiger partial charge in [0.2, 0.25) is 5.91 Å². The molecule has 0 aliphatic rings. The lowest BCUT2D eigenvalue weighted by molar-refractivity contribution is -0.122. The van der Waals surface area contributed by atoms with Crippen LogP contribution in [0.25, 0.3) is 10.9 Å². The molecule has 0 radical (unpaired) electrons. The lowest BCUT2D eigenvalue weighted by Gasteiger charge is -2.13. The Bertz CT molecular complexity index is 881. The van der Waals surface area contributed by atoms with Crippen molar-refractivity contribution in [1.82, 2.24) is 15.1 Å². The quantitative estimate of drug-likeness (QED) is 0.745. The van der Waals surface area contributed by atoms with Crippen molar-refractivity contribution in [2.75, 3.05) is 6.54 Å². The molecule has 5 nitrogen and oxygen atoms in total. The number of hydrogen-bond acceptors (Lipinski definition) is 3. The zero-order valence-corrected chi connectivity index (χ0v) is 13.4. The van der Waals surface area contributed by atoms with Gasteiger partial charge >= 0.3 is 0 Å². The van der Waals surface area contributed by atoms with E-state index in [1.807, 2.05) is 24.3 Å². The van der Waals surface area contributed by atoms with E-state index in [-0.39, 0.29) is 24.0 Å². The summed E-state index contributed by atoms with van der Waals surface area (Å²) in [5.74, 6) is -0.903. The largest absolute Gasteiger partial charge is 0.387 e. The van der Waals surface area contributed by atoms with Gasteiger partial charge in [-0.2, -0.15) is 5.10 Å². The highest BCUT2D eigenvalue weighted by Crippen LogP contribution is 2.20. The molecule has 0 bridgehead atoms. The third-order valence-electron chi connectivity index (χ3n) is 3.67. The molecule has 0 saturated heterocycles. The maximum absolute atomic E-state index is 13.4. The number of rotatable bonds is 5. The summed E-state index contributed by atoms with van der Waals surface area (Å²) in [5.41, 5.74) is 1.20. The molecule has 1 aromatic heterocycles. The molecule has 1 heterocycles. The van der Waals surface area contributed by atoms with Crippen LogP contribution < -0.4 is 5.32 Å². The zero-order valence-electron chi connectivity index (χ0n) is 12.6. The molecule has 3 rings (SSSR count). The van der Waals surface area contributed by atoms with Crippen molar-refractivity contribution in [2.45, 2.75) is 12.6 Å². The number of carbonyl (C=O) groups is 1. The first kappa shape index (κ1) is 16.4. The molecule has 0 aliphatic heterocycles. The number of aliphatic hydroxyl groups excluding tert-OH is 1. The highest BCUT2D eigenvalue weighted by atomic mass is 35.5. The summed E-state index contributed by atoms with van der Waals surface area (Å²) < 4.78 is 15.0. The van der Waals surface area contributed by atoms with Crippen molar-refractivity contribution in [3.63, 3.8) is 0 Å². The Labute approximate surface area is 142 Å². The van der Waals surface area contributed by atoms with E-state index in [1.54, 1.807) is 10.9 Å². The standard InChI is InChI=1S/C17H15ClFN3O2/c18-13-6-5-11(7-14(13)19)16(23)9-20-17(24)10-22-15-4-2-1-3-12(15)8-21-22/h1-8,16,23H,9-10H2,(H,20,24). The topological polar surface area (TPSA) is 67.2 Å². The summed E-state index contributed by atoms with van der Waals surface area (Å²) in [6.07, 6.45) is 0.670. The number of carbonyl (C=O) groups excluding carboxylic acids is 1. The smallest absolute Gasteiger partial charge is 0.241 e. The minimum Gasteiger partial charge on any atom is -0.387 e. The maximum atomic E-state index is 13.4. The minimum absolute atomic E-state index is 0.0134. The Kier molecular flexibility index (Phi) is 4.78. The normalized spacial score (nSPS) is 12.3. The van der Waals surface area contributed by atoms with Gasteiger partial charge in [-0.3, -0.25) is 9.48 Å². The van der Waals surface area contributed by atoms with Crippen LogP contribution in [-0.2, 0) is 11.3 Å². The van der Waals surface area contributed by atoms with Crippen molar-refractivity contribution >= 4 is 28.4 Å². The molecule has 1 atom stereocenters. The molecule has 1 unspecified atom stereocenters. The lowest BCUT2D eigenvalue weighted by atomic mass is 10.1. The zero-order chi connectivity index (χ0) is 17.1. The maximum Gasteiger partial charge on any atom is 0.241 e. The van der Waals surface area contributed by atoms with Crippen LogP contribution in [0.4, 0.5) is 4.39 Å². The molecule has 1 amide bonds. The monoisotopic (exact) mass is 347 g/mol. The summed E-state index contributed by atoms with van der Waals surface area (Å²) in [6.45, 7) is 0.00825. The first-order chi connectivity index (χ1) is 11.5. The third kappa shape index (κ3) is 3.55. The van der Waals surface area contributed by atoms with E-state index in [1.165, 1.54) is 12.1 Å². The molecule has 0 saturated carbocycles. The first-order valence-corrected chi connectivity index (χ1v) is 7.72. The number of amides is 1. The van der Waals surface area contributed by atoms with Crippen molar-refractivity contribution in [3.05, 3.63) is 65.1 Å². The lowest BCUT2D eigenvalue weighted by Crippen LogP contribution is -2.31. The van der Waals surface area contributed by atoms with Crippen LogP contribution in [0.2, 0.25) is 5.02 Å². The number of benzene rings is 2. The summed E-state index contributed by atoms with van der Waals surface area (Å²) in [4.78, 5) is 12.0. The summed E-state index contributed by atoms with van der Waals surface area (Å²) >= 11 is 5.60. The Hall–Kier alpha value is -2.44. The van der Waals surface area contributed by atoms with Crippen LogP contribution >= 0.6 is 11.6 Å². The Morgan fingerprint density at radius 2 is 2.12 bits per heavy atom. The predicted molar refractivity (Wildman–Crippen MR) is 89.1 cm³/mol. The number of nitrogens with one attached hydrogen (secondary N) is 1. The molecule has 0 aliphatic carbocycles. The van der Waals surface area contributed by atoms with E-state index in [4.69, 9.17) is 11.6 Å². The molecule has 3 aromatic rings. The average molecular weight is 348 g/mol. The van der Waals surface area contributed by atoms with Crippen LogP contribution in [0.5, 0.6) is 0 Å². The van der Waals surface area contributed by atoms with Gasteiger partial charge < -0.3 is 10.4 Å². The molecule has 124 valence electrons. The number of para-hydroxylation sites is 1. The van der Waals surface area contributed by atoms with E-state index < -0.39 is 11.9 Å². The fraction of sp³-hybridized carbons (Fsp3) is 0.176. The highest BCUT2D eigenvalue weighted by Gasteiger charge is 2.13. The van der Waals surface area contributed by atoms with E-state index in [2.05, 4.69) is 10.4 Å². The highest BCUT2D eigenvalue weighted by molar-refractivity contribution is 6.30. The first-order valence-electron chi connectivity index (χ1n) is 7.35. The van der Waals surface area contributed by atoms with Gasteiger partial charge in [0.25, 0.3) is 0 Å². The molecule has 7 heteroatoms. The Morgan fingerprint density at radius 1 is 1.33 bits per heavy atom. The number of aliphatic hydroxyl groups is 1. The molecular weight excluding hydrogens is 333 g/mol.